The molecule has 0 radical (unpaired) electrons. The first-order valence-corrected chi connectivity index (χ1v) is 10.3. The number of hydrogen-bond donors (Lipinski definition) is 0. The van der Waals surface area contributed by atoms with E-state index in [9.17, 15) is 9.59 Å². The molecule has 3 heterocycles. The Kier molecular flexibility index (Phi) is 5.75. The summed E-state index contributed by atoms with van der Waals surface area (Å²) >= 11 is 1.33. The molecule has 2 saturated heterocycles. The quantitative estimate of drug-likeness (QED) is 0.570. The minimum atomic E-state index is -0.0718. The SMILES string of the molecule is O=C(CSc1nc2ccccc2c(=O)n1CC1CCCO1)N1CCOCC1. The normalized spacial score (nSPS) is 20.3. The van der Waals surface area contributed by atoms with Crippen LogP contribution in [0.3, 0.4) is 0 Å². The van der Waals surface area contributed by atoms with Gasteiger partial charge in [0.1, 0.15) is 0 Å². The van der Waals surface area contributed by atoms with Gasteiger partial charge in [0.05, 0.1) is 42.5 Å². The molecule has 2 fully saturated rings. The van der Waals surface area contributed by atoms with Gasteiger partial charge >= 0.3 is 0 Å². The average Bonchev–Trinajstić information content (AvgIpc) is 3.22. The van der Waals surface area contributed by atoms with Gasteiger partial charge in [0.15, 0.2) is 5.16 Å². The van der Waals surface area contributed by atoms with E-state index in [1.54, 1.807) is 15.5 Å². The van der Waals surface area contributed by atoms with Gasteiger partial charge in [-0.2, -0.15) is 0 Å². The zero-order valence-electron chi connectivity index (χ0n) is 15.1. The van der Waals surface area contributed by atoms with E-state index < -0.39 is 0 Å². The van der Waals surface area contributed by atoms with E-state index in [-0.39, 0.29) is 23.3 Å². The van der Waals surface area contributed by atoms with E-state index in [4.69, 9.17) is 9.47 Å². The molecule has 1 aromatic carbocycles. The molecule has 27 heavy (non-hydrogen) atoms. The van der Waals surface area contributed by atoms with E-state index >= 15 is 0 Å². The van der Waals surface area contributed by atoms with Crippen molar-refractivity contribution >= 4 is 28.6 Å². The molecule has 0 saturated carbocycles. The molecule has 1 atom stereocenters. The maximum atomic E-state index is 13.0. The summed E-state index contributed by atoms with van der Waals surface area (Å²) in [4.78, 5) is 32.0. The minimum absolute atomic E-state index is 0.0277. The number of carbonyl (C=O) groups is 1. The monoisotopic (exact) mass is 389 g/mol. The number of amides is 1. The lowest BCUT2D eigenvalue weighted by Gasteiger charge is -2.26. The summed E-state index contributed by atoms with van der Waals surface area (Å²) in [7, 11) is 0. The van der Waals surface area contributed by atoms with Gasteiger partial charge in [0, 0.05) is 19.7 Å². The summed E-state index contributed by atoms with van der Waals surface area (Å²) < 4.78 is 12.7. The predicted octanol–water partition coefficient (Wildman–Crippen LogP) is 1.53. The molecule has 2 aliphatic heterocycles. The van der Waals surface area contributed by atoms with Gasteiger partial charge in [-0.25, -0.2) is 4.98 Å². The number of nitrogens with zero attached hydrogens (tertiary/aromatic N) is 3. The zero-order valence-corrected chi connectivity index (χ0v) is 16.0. The van der Waals surface area contributed by atoms with Gasteiger partial charge < -0.3 is 14.4 Å². The van der Waals surface area contributed by atoms with E-state index in [1.165, 1.54) is 11.8 Å². The van der Waals surface area contributed by atoms with E-state index in [2.05, 4.69) is 4.98 Å². The van der Waals surface area contributed by atoms with Crippen LogP contribution in [-0.2, 0) is 20.8 Å². The zero-order chi connectivity index (χ0) is 18.6. The van der Waals surface area contributed by atoms with Crippen molar-refractivity contribution in [3.63, 3.8) is 0 Å². The number of morpholine rings is 1. The van der Waals surface area contributed by atoms with Crippen molar-refractivity contribution in [1.29, 1.82) is 0 Å². The fourth-order valence-corrected chi connectivity index (χ4v) is 4.35. The van der Waals surface area contributed by atoms with Crippen LogP contribution in [0.4, 0.5) is 0 Å². The highest BCUT2D eigenvalue weighted by atomic mass is 32.2. The molecule has 1 aromatic heterocycles. The number of aromatic nitrogens is 2. The summed E-state index contributed by atoms with van der Waals surface area (Å²) in [5.41, 5.74) is 0.588. The van der Waals surface area contributed by atoms with E-state index in [0.29, 0.717) is 48.9 Å². The molecule has 0 aliphatic carbocycles. The second kappa shape index (κ2) is 8.41. The van der Waals surface area contributed by atoms with Crippen LogP contribution in [0, 0.1) is 0 Å². The van der Waals surface area contributed by atoms with Crippen molar-refractivity contribution in [2.45, 2.75) is 30.6 Å². The lowest BCUT2D eigenvalue weighted by Crippen LogP contribution is -2.41. The Morgan fingerprint density at radius 2 is 2.04 bits per heavy atom. The molecule has 1 amide bonds. The Hall–Kier alpha value is -1.90. The van der Waals surface area contributed by atoms with Gasteiger partial charge in [0.2, 0.25) is 5.91 Å². The van der Waals surface area contributed by atoms with Gasteiger partial charge in [-0.1, -0.05) is 23.9 Å². The van der Waals surface area contributed by atoms with Crippen LogP contribution in [0.25, 0.3) is 10.9 Å². The number of rotatable bonds is 5. The maximum absolute atomic E-state index is 13.0. The highest BCUT2D eigenvalue weighted by molar-refractivity contribution is 7.99. The molecule has 0 bridgehead atoms. The minimum Gasteiger partial charge on any atom is -0.378 e. The summed E-state index contributed by atoms with van der Waals surface area (Å²) in [6.45, 7) is 3.60. The van der Waals surface area contributed by atoms with Crippen LogP contribution in [0.2, 0.25) is 0 Å². The van der Waals surface area contributed by atoms with E-state index in [0.717, 1.165) is 19.4 Å². The van der Waals surface area contributed by atoms with Crippen LogP contribution in [0.15, 0.2) is 34.2 Å². The third-order valence-corrected chi connectivity index (χ3v) is 5.89. The number of hydrogen-bond acceptors (Lipinski definition) is 6. The second-order valence-corrected chi connectivity index (χ2v) is 7.69. The smallest absolute Gasteiger partial charge is 0.262 e. The van der Waals surface area contributed by atoms with Gasteiger partial charge in [-0.3, -0.25) is 14.2 Å². The number of carbonyl (C=O) groups excluding carboxylic acids is 1. The van der Waals surface area contributed by atoms with Crippen LogP contribution in [0.5, 0.6) is 0 Å². The number of fused-ring (bicyclic) bond motifs is 1. The third-order valence-electron chi connectivity index (χ3n) is 4.93. The Labute approximate surface area is 161 Å². The highest BCUT2D eigenvalue weighted by Gasteiger charge is 2.22. The first-order valence-electron chi connectivity index (χ1n) is 9.32. The van der Waals surface area contributed by atoms with Gasteiger partial charge in [0.25, 0.3) is 5.56 Å². The van der Waals surface area contributed by atoms with Crippen molar-refractivity contribution < 1.29 is 14.3 Å². The molecule has 2 aromatic rings. The number of benzene rings is 1. The Morgan fingerprint density at radius 1 is 1.22 bits per heavy atom. The fraction of sp³-hybridized carbons (Fsp3) is 0.526. The van der Waals surface area contributed by atoms with Gasteiger partial charge in [-0.05, 0) is 25.0 Å². The molecule has 1 unspecified atom stereocenters. The van der Waals surface area contributed by atoms with Crippen molar-refractivity contribution in [3.05, 3.63) is 34.6 Å². The third kappa shape index (κ3) is 4.17. The van der Waals surface area contributed by atoms with Crippen LogP contribution >= 0.6 is 11.8 Å². The van der Waals surface area contributed by atoms with Gasteiger partial charge in [-0.15, -0.1) is 0 Å². The standard InChI is InChI=1S/C19H23N3O4S/c23-17(21-7-10-25-11-8-21)13-27-19-20-16-6-2-1-5-15(16)18(24)22(19)12-14-4-3-9-26-14/h1-2,5-6,14H,3-4,7-13H2. The Bertz CT molecular complexity index is 873. The van der Waals surface area contributed by atoms with Crippen LogP contribution < -0.4 is 5.56 Å². The molecular formula is C19H23N3O4S. The molecule has 8 heteroatoms. The summed E-state index contributed by atoms with van der Waals surface area (Å²) in [6, 6.07) is 7.34. The Morgan fingerprint density at radius 3 is 2.81 bits per heavy atom. The largest absolute Gasteiger partial charge is 0.378 e. The van der Waals surface area contributed by atoms with Crippen molar-refractivity contribution in [2.24, 2.45) is 0 Å². The summed E-state index contributed by atoms with van der Waals surface area (Å²) in [5, 5.41) is 1.18. The van der Waals surface area contributed by atoms with Crippen molar-refractivity contribution in [1.82, 2.24) is 14.5 Å². The first-order chi connectivity index (χ1) is 13.2. The molecule has 144 valence electrons. The molecule has 4 rings (SSSR count). The number of thioether (sulfide) groups is 1. The fourth-order valence-electron chi connectivity index (χ4n) is 3.44. The first kappa shape index (κ1) is 18.5. The topological polar surface area (TPSA) is 73.7 Å². The lowest BCUT2D eigenvalue weighted by molar-refractivity contribution is -0.132. The van der Waals surface area contributed by atoms with Crippen molar-refractivity contribution in [3.8, 4) is 0 Å². The molecule has 0 N–H and O–H groups in total. The molecule has 0 spiro atoms. The highest BCUT2D eigenvalue weighted by Crippen LogP contribution is 2.21. The summed E-state index contributed by atoms with van der Waals surface area (Å²) in [5.74, 6) is 0.311. The summed E-state index contributed by atoms with van der Waals surface area (Å²) in [6.07, 6.45) is 1.98. The van der Waals surface area contributed by atoms with E-state index in [1.807, 2.05) is 18.2 Å². The molecular weight excluding hydrogens is 366 g/mol. The maximum Gasteiger partial charge on any atom is 0.262 e. The predicted molar refractivity (Wildman–Crippen MR) is 103 cm³/mol. The average molecular weight is 389 g/mol. The number of ether oxygens (including phenoxy) is 2. The van der Waals surface area contributed by atoms with Crippen LogP contribution in [0.1, 0.15) is 12.8 Å². The Balaban J connectivity index is 1.59. The van der Waals surface area contributed by atoms with Crippen molar-refractivity contribution in [2.75, 3.05) is 38.7 Å². The molecule has 7 nitrogen and oxygen atoms in total. The number of para-hydroxylation sites is 1. The lowest BCUT2D eigenvalue weighted by atomic mass is 10.2. The molecule has 2 aliphatic rings. The van der Waals surface area contributed by atoms with Crippen LogP contribution in [-0.4, -0.2) is 65.1 Å². The second-order valence-electron chi connectivity index (χ2n) is 6.74.